The Morgan fingerprint density at radius 3 is 2.71 bits per heavy atom. The lowest BCUT2D eigenvalue weighted by Crippen LogP contribution is -2.00. The van der Waals surface area contributed by atoms with Crippen LogP contribution in [0.2, 0.25) is 0 Å². The van der Waals surface area contributed by atoms with E-state index in [4.69, 9.17) is 4.74 Å². The summed E-state index contributed by atoms with van der Waals surface area (Å²) in [5.74, 6) is 0.604. The van der Waals surface area contributed by atoms with Crippen LogP contribution in [0.15, 0.2) is 46.9 Å². The van der Waals surface area contributed by atoms with Crippen LogP contribution in [-0.4, -0.2) is 10.0 Å². The Bertz CT molecular complexity index is 658. The maximum Gasteiger partial charge on any atom is 0.283 e. The van der Waals surface area contributed by atoms with E-state index in [9.17, 15) is 15.2 Å². The summed E-state index contributed by atoms with van der Waals surface area (Å²) >= 11 is 3.23. The molecule has 1 N–H and O–H groups in total. The zero-order valence-corrected chi connectivity index (χ0v) is 12.9. The van der Waals surface area contributed by atoms with Crippen molar-refractivity contribution in [3.8, 4) is 5.75 Å². The highest BCUT2D eigenvalue weighted by atomic mass is 79.9. The third kappa shape index (κ3) is 3.80. The van der Waals surface area contributed by atoms with Gasteiger partial charge in [0.05, 0.1) is 11.0 Å². The maximum absolute atomic E-state index is 10.9. The molecule has 0 saturated carbocycles. The highest BCUT2D eigenvalue weighted by molar-refractivity contribution is 9.10. The molecule has 0 spiro atoms. The predicted octanol–water partition coefficient (Wildman–Crippen LogP) is 3.99. The Hall–Kier alpha value is -1.92. The first-order valence-corrected chi connectivity index (χ1v) is 7.11. The largest absolute Gasteiger partial charge is 0.489 e. The Morgan fingerprint density at radius 2 is 2.05 bits per heavy atom. The van der Waals surface area contributed by atoms with E-state index < -0.39 is 11.0 Å². The lowest BCUT2D eigenvalue weighted by molar-refractivity contribution is -0.385. The van der Waals surface area contributed by atoms with Gasteiger partial charge in [-0.25, -0.2) is 0 Å². The van der Waals surface area contributed by atoms with Gasteiger partial charge in [-0.3, -0.25) is 10.1 Å². The third-order valence-corrected chi connectivity index (χ3v) is 3.91. The van der Waals surface area contributed by atoms with Crippen LogP contribution in [0.3, 0.4) is 0 Å². The average Bonchev–Trinajstić information content (AvgIpc) is 2.46. The number of hydrogen-bond acceptors (Lipinski definition) is 4. The van der Waals surface area contributed by atoms with E-state index in [-0.39, 0.29) is 12.3 Å². The lowest BCUT2D eigenvalue weighted by Gasteiger charge is -2.10. The second-order valence-corrected chi connectivity index (χ2v) is 5.34. The quantitative estimate of drug-likeness (QED) is 0.652. The summed E-state index contributed by atoms with van der Waals surface area (Å²) in [6.07, 6.45) is -0.571. The van der Waals surface area contributed by atoms with E-state index >= 15 is 0 Å². The highest BCUT2D eigenvalue weighted by Crippen LogP contribution is 2.29. The molecule has 0 aliphatic heterocycles. The number of aliphatic hydroxyl groups excluding tert-OH is 1. The molecule has 0 heterocycles. The van der Waals surface area contributed by atoms with Gasteiger partial charge in [0.1, 0.15) is 16.8 Å². The first-order chi connectivity index (χ1) is 9.99. The molecule has 2 rings (SSSR count). The second kappa shape index (κ2) is 6.69. The van der Waals surface area contributed by atoms with Crippen molar-refractivity contribution in [3.63, 3.8) is 0 Å². The van der Waals surface area contributed by atoms with E-state index in [2.05, 4.69) is 15.9 Å². The molecule has 2 aromatic rings. The van der Waals surface area contributed by atoms with E-state index in [0.717, 1.165) is 5.56 Å². The Morgan fingerprint density at radius 1 is 1.33 bits per heavy atom. The summed E-state index contributed by atoms with van der Waals surface area (Å²) in [6.45, 7) is 1.88. The fourth-order valence-electron chi connectivity index (χ4n) is 1.84. The topological polar surface area (TPSA) is 72.6 Å². The van der Waals surface area contributed by atoms with Gasteiger partial charge in [-0.1, -0.05) is 24.3 Å². The number of benzene rings is 2. The summed E-state index contributed by atoms with van der Waals surface area (Å²) in [5, 5.41) is 20.4. The smallest absolute Gasteiger partial charge is 0.283 e. The molecule has 0 amide bonds. The fourth-order valence-corrected chi connectivity index (χ4v) is 2.37. The zero-order valence-electron chi connectivity index (χ0n) is 11.3. The van der Waals surface area contributed by atoms with Crippen LogP contribution in [-0.2, 0) is 6.61 Å². The fraction of sp³-hybridized carbons (Fsp3) is 0.200. The molecule has 21 heavy (non-hydrogen) atoms. The SMILES string of the molecule is C[C@H](O)c1cccc(OCc2cccc([N+](=O)[O-])c2Br)c1. The Labute approximate surface area is 130 Å². The molecule has 6 heteroatoms. The summed E-state index contributed by atoms with van der Waals surface area (Å²) < 4.78 is 6.05. The maximum atomic E-state index is 10.9. The van der Waals surface area contributed by atoms with Crippen LogP contribution in [0.4, 0.5) is 5.69 Å². The number of nitro benzene ring substituents is 1. The number of nitro groups is 1. The number of aliphatic hydroxyl groups is 1. The zero-order chi connectivity index (χ0) is 15.4. The normalized spacial score (nSPS) is 12.0. The molecule has 1 atom stereocenters. The van der Waals surface area contributed by atoms with Gasteiger partial charge < -0.3 is 9.84 Å². The van der Waals surface area contributed by atoms with E-state index in [1.807, 2.05) is 0 Å². The molecular weight excluding hydrogens is 338 g/mol. The summed E-state index contributed by atoms with van der Waals surface area (Å²) in [4.78, 5) is 10.4. The van der Waals surface area contributed by atoms with Gasteiger partial charge in [-0.15, -0.1) is 0 Å². The second-order valence-electron chi connectivity index (χ2n) is 4.54. The van der Waals surface area contributed by atoms with Crippen molar-refractivity contribution in [2.75, 3.05) is 0 Å². The number of hydrogen-bond donors (Lipinski definition) is 1. The molecule has 5 nitrogen and oxygen atoms in total. The highest BCUT2D eigenvalue weighted by Gasteiger charge is 2.15. The summed E-state index contributed by atoms with van der Waals surface area (Å²) in [7, 11) is 0. The molecule has 0 aromatic heterocycles. The molecule has 0 saturated heterocycles. The van der Waals surface area contributed by atoms with Gasteiger partial charge in [0, 0.05) is 11.6 Å². The van der Waals surface area contributed by atoms with E-state index in [0.29, 0.717) is 15.8 Å². The van der Waals surface area contributed by atoms with Crippen LogP contribution in [0, 0.1) is 10.1 Å². The molecular formula is C15H14BrNO4. The van der Waals surface area contributed by atoms with Gasteiger partial charge in [-0.05, 0) is 40.5 Å². The van der Waals surface area contributed by atoms with Crippen LogP contribution in [0.1, 0.15) is 24.2 Å². The van der Waals surface area contributed by atoms with Gasteiger partial charge in [0.25, 0.3) is 5.69 Å². The van der Waals surface area contributed by atoms with Gasteiger partial charge in [0.2, 0.25) is 0 Å². The predicted molar refractivity (Wildman–Crippen MR) is 82.2 cm³/mol. The summed E-state index contributed by atoms with van der Waals surface area (Å²) in [6, 6.07) is 11.9. The van der Waals surface area contributed by atoms with Crippen LogP contribution < -0.4 is 4.74 Å². The van der Waals surface area contributed by atoms with Crippen LogP contribution >= 0.6 is 15.9 Å². The standard InChI is InChI=1S/C15H14BrNO4/c1-10(18)11-4-2-6-13(8-11)21-9-12-5-3-7-14(15(12)16)17(19)20/h2-8,10,18H,9H2,1H3/t10-/m0/s1. The van der Waals surface area contributed by atoms with Crippen molar-refractivity contribution in [2.45, 2.75) is 19.6 Å². The molecule has 2 aromatic carbocycles. The van der Waals surface area contributed by atoms with E-state index in [1.54, 1.807) is 43.3 Å². The Balaban J connectivity index is 2.15. The third-order valence-electron chi connectivity index (χ3n) is 2.99. The van der Waals surface area contributed by atoms with Crippen molar-refractivity contribution in [1.82, 2.24) is 0 Å². The average molecular weight is 352 g/mol. The monoisotopic (exact) mass is 351 g/mol. The summed E-state index contributed by atoms with van der Waals surface area (Å²) in [5.41, 5.74) is 1.45. The molecule has 0 aliphatic rings. The Kier molecular flexibility index (Phi) is 4.93. The molecule has 0 radical (unpaired) electrons. The van der Waals surface area contributed by atoms with Crippen LogP contribution in [0.5, 0.6) is 5.75 Å². The number of ether oxygens (including phenoxy) is 1. The first-order valence-electron chi connectivity index (χ1n) is 6.31. The van der Waals surface area contributed by atoms with Gasteiger partial charge in [0.15, 0.2) is 0 Å². The molecule has 0 bridgehead atoms. The molecule has 0 aliphatic carbocycles. The van der Waals surface area contributed by atoms with E-state index in [1.165, 1.54) is 6.07 Å². The number of halogens is 1. The van der Waals surface area contributed by atoms with Crippen molar-refractivity contribution >= 4 is 21.6 Å². The minimum atomic E-state index is -0.571. The van der Waals surface area contributed by atoms with Gasteiger partial charge >= 0.3 is 0 Å². The molecule has 110 valence electrons. The van der Waals surface area contributed by atoms with Crippen molar-refractivity contribution < 1.29 is 14.8 Å². The minimum absolute atomic E-state index is 0.00818. The van der Waals surface area contributed by atoms with Gasteiger partial charge in [-0.2, -0.15) is 0 Å². The number of nitrogens with zero attached hydrogens (tertiary/aromatic N) is 1. The van der Waals surface area contributed by atoms with Crippen LogP contribution in [0.25, 0.3) is 0 Å². The first kappa shape index (κ1) is 15.5. The lowest BCUT2D eigenvalue weighted by atomic mass is 10.1. The minimum Gasteiger partial charge on any atom is -0.489 e. The molecule has 0 unspecified atom stereocenters. The van der Waals surface area contributed by atoms with Crippen molar-refractivity contribution in [1.29, 1.82) is 0 Å². The van der Waals surface area contributed by atoms with Crippen molar-refractivity contribution in [3.05, 3.63) is 68.2 Å². The van der Waals surface area contributed by atoms with Crippen molar-refractivity contribution in [2.24, 2.45) is 0 Å². The molecule has 0 fully saturated rings. The number of rotatable bonds is 5.